The van der Waals surface area contributed by atoms with Crippen LogP contribution in [0.15, 0.2) is 66.1 Å². The number of hydrogen-bond acceptors (Lipinski definition) is 5. The van der Waals surface area contributed by atoms with Crippen molar-refractivity contribution in [2.75, 3.05) is 6.61 Å². The minimum atomic E-state index is -4.05. The Morgan fingerprint density at radius 2 is 1.88 bits per heavy atom. The molecule has 2 aromatic carbocycles. The Morgan fingerprint density at radius 3 is 2.48 bits per heavy atom. The molecule has 0 saturated heterocycles. The molecule has 1 atom stereocenters. The van der Waals surface area contributed by atoms with E-state index in [2.05, 4.69) is 22.5 Å². The molecule has 0 fully saturated rings. The van der Waals surface area contributed by atoms with Gasteiger partial charge in [-0.25, -0.2) is 0 Å². The summed E-state index contributed by atoms with van der Waals surface area (Å²) in [7, 11) is -4.05. The summed E-state index contributed by atoms with van der Waals surface area (Å²) in [6.45, 7) is 5.40. The standard InChI is InChI=1S/C18H17BrO5S/c1-3-11-23-18(19,13-20)17-12-16(10-9-14(17)2)25(21,22)24-15-7-5-4-6-8-15/h3-10,12-13H,1,11H2,2H3. The zero-order valence-electron chi connectivity index (χ0n) is 13.5. The van der Waals surface area contributed by atoms with Crippen molar-refractivity contribution >= 4 is 32.3 Å². The molecule has 0 N–H and O–H groups in total. The highest BCUT2D eigenvalue weighted by Crippen LogP contribution is 2.35. The molecule has 5 nitrogen and oxygen atoms in total. The first kappa shape index (κ1) is 19.4. The molecular weight excluding hydrogens is 408 g/mol. The molecule has 0 aliphatic carbocycles. The third-order valence-corrected chi connectivity index (χ3v) is 5.46. The molecule has 7 heteroatoms. The fourth-order valence-corrected chi connectivity index (χ4v) is 3.65. The fourth-order valence-electron chi connectivity index (χ4n) is 2.13. The Bertz CT molecular complexity index is 864. The number of benzene rings is 2. The smallest absolute Gasteiger partial charge is 0.339 e. The number of aryl methyl sites for hydroxylation is 1. The van der Waals surface area contributed by atoms with Gasteiger partial charge in [0.25, 0.3) is 0 Å². The second kappa shape index (κ2) is 7.95. The van der Waals surface area contributed by atoms with Crippen LogP contribution in [-0.4, -0.2) is 21.3 Å². The maximum absolute atomic E-state index is 12.5. The SMILES string of the molecule is C=CCOC(Br)(C=O)c1cc(S(=O)(=O)Oc2ccccc2)ccc1C. The van der Waals surface area contributed by atoms with Crippen LogP contribution < -0.4 is 4.18 Å². The Hall–Kier alpha value is -1.96. The maximum atomic E-state index is 12.5. The van der Waals surface area contributed by atoms with E-state index in [1.54, 1.807) is 43.3 Å². The van der Waals surface area contributed by atoms with Gasteiger partial charge >= 0.3 is 10.1 Å². The van der Waals surface area contributed by atoms with Gasteiger partial charge in [-0.3, -0.25) is 4.79 Å². The highest BCUT2D eigenvalue weighted by Gasteiger charge is 2.32. The normalized spacial score (nSPS) is 13.7. The summed E-state index contributed by atoms with van der Waals surface area (Å²) >= 11 is 3.24. The number of para-hydroxylation sites is 1. The van der Waals surface area contributed by atoms with Crippen LogP contribution in [0.25, 0.3) is 0 Å². The molecule has 0 saturated carbocycles. The van der Waals surface area contributed by atoms with Gasteiger partial charge in [-0.05, 0) is 52.7 Å². The lowest BCUT2D eigenvalue weighted by Crippen LogP contribution is -2.26. The third kappa shape index (κ3) is 4.56. The van der Waals surface area contributed by atoms with Crippen molar-refractivity contribution < 1.29 is 22.1 Å². The molecule has 2 rings (SSSR count). The summed E-state index contributed by atoms with van der Waals surface area (Å²) in [5.41, 5.74) is 1.06. The van der Waals surface area contributed by atoms with Gasteiger partial charge in [0.05, 0.1) is 6.61 Å². The quantitative estimate of drug-likeness (QED) is 0.279. The van der Waals surface area contributed by atoms with Crippen LogP contribution in [0.5, 0.6) is 5.75 Å². The predicted octanol–water partition coefficient (Wildman–Crippen LogP) is 3.71. The minimum absolute atomic E-state index is 0.0789. The Kier molecular flexibility index (Phi) is 6.16. The summed E-state index contributed by atoms with van der Waals surface area (Å²) in [6.07, 6.45) is 2.06. The number of hydrogen-bond donors (Lipinski definition) is 0. The van der Waals surface area contributed by atoms with E-state index in [0.29, 0.717) is 17.4 Å². The molecular formula is C18H17BrO5S. The third-order valence-electron chi connectivity index (χ3n) is 3.38. The molecule has 0 aliphatic heterocycles. The highest BCUT2D eigenvalue weighted by atomic mass is 79.9. The van der Waals surface area contributed by atoms with Crippen LogP contribution >= 0.6 is 15.9 Å². The summed E-state index contributed by atoms with van der Waals surface area (Å²) < 4.78 is 34.2. The lowest BCUT2D eigenvalue weighted by molar-refractivity contribution is -0.120. The number of alkyl halides is 1. The highest BCUT2D eigenvalue weighted by molar-refractivity contribution is 9.10. The topological polar surface area (TPSA) is 69.7 Å². The Balaban J connectivity index is 2.44. The summed E-state index contributed by atoms with van der Waals surface area (Å²) in [6, 6.07) is 12.6. The first-order valence-electron chi connectivity index (χ1n) is 7.33. The van der Waals surface area contributed by atoms with E-state index in [4.69, 9.17) is 8.92 Å². The van der Waals surface area contributed by atoms with E-state index >= 15 is 0 Å². The van der Waals surface area contributed by atoms with Crippen LogP contribution in [0, 0.1) is 6.92 Å². The van der Waals surface area contributed by atoms with Crippen LogP contribution in [0.3, 0.4) is 0 Å². The van der Waals surface area contributed by atoms with Crippen molar-refractivity contribution in [1.29, 1.82) is 0 Å². The molecule has 132 valence electrons. The van der Waals surface area contributed by atoms with Crippen molar-refractivity contribution in [2.45, 2.75) is 16.3 Å². The van der Waals surface area contributed by atoms with E-state index in [-0.39, 0.29) is 17.3 Å². The zero-order chi connectivity index (χ0) is 18.5. The van der Waals surface area contributed by atoms with E-state index in [1.807, 2.05) is 0 Å². The fraction of sp³-hybridized carbons (Fsp3) is 0.167. The van der Waals surface area contributed by atoms with Crippen molar-refractivity contribution in [1.82, 2.24) is 0 Å². The molecule has 0 spiro atoms. The molecule has 25 heavy (non-hydrogen) atoms. The number of aldehydes is 1. The maximum Gasteiger partial charge on any atom is 0.339 e. The Morgan fingerprint density at radius 1 is 1.20 bits per heavy atom. The summed E-state index contributed by atoms with van der Waals surface area (Å²) in [5.74, 6) is 0.202. The van der Waals surface area contributed by atoms with E-state index < -0.39 is 14.6 Å². The van der Waals surface area contributed by atoms with Crippen molar-refractivity contribution in [3.8, 4) is 5.75 Å². The van der Waals surface area contributed by atoms with Gasteiger partial charge in [-0.2, -0.15) is 8.42 Å². The van der Waals surface area contributed by atoms with Gasteiger partial charge in [0, 0.05) is 5.56 Å². The van der Waals surface area contributed by atoms with Crippen molar-refractivity contribution in [3.05, 3.63) is 72.3 Å². The first-order valence-corrected chi connectivity index (χ1v) is 9.53. The number of ether oxygens (including phenoxy) is 1. The van der Waals surface area contributed by atoms with Gasteiger partial charge in [0.1, 0.15) is 10.6 Å². The molecule has 0 aromatic heterocycles. The number of halogens is 1. The van der Waals surface area contributed by atoms with Gasteiger partial charge in [0.15, 0.2) is 6.29 Å². The van der Waals surface area contributed by atoms with Gasteiger partial charge in [-0.15, -0.1) is 6.58 Å². The molecule has 0 radical (unpaired) electrons. The summed E-state index contributed by atoms with van der Waals surface area (Å²) in [4.78, 5) is 11.5. The van der Waals surface area contributed by atoms with Crippen LogP contribution in [0.1, 0.15) is 11.1 Å². The predicted molar refractivity (Wildman–Crippen MR) is 98.3 cm³/mol. The molecule has 0 bridgehead atoms. The van der Waals surface area contributed by atoms with Crippen molar-refractivity contribution in [3.63, 3.8) is 0 Å². The lowest BCUT2D eigenvalue weighted by Gasteiger charge is -2.24. The van der Waals surface area contributed by atoms with Crippen LogP contribution in [0.4, 0.5) is 0 Å². The molecule has 0 amide bonds. The minimum Gasteiger partial charge on any atom is -0.379 e. The number of carbonyl (C=O) groups is 1. The summed E-state index contributed by atoms with van der Waals surface area (Å²) in [5, 5.41) is 0. The largest absolute Gasteiger partial charge is 0.379 e. The molecule has 2 aromatic rings. The van der Waals surface area contributed by atoms with Crippen LogP contribution in [-0.2, 0) is 24.2 Å². The number of carbonyl (C=O) groups excluding carboxylic acids is 1. The average molecular weight is 425 g/mol. The first-order chi connectivity index (χ1) is 11.8. The average Bonchev–Trinajstić information content (AvgIpc) is 2.60. The van der Waals surface area contributed by atoms with Gasteiger partial charge in [-0.1, -0.05) is 30.3 Å². The second-order valence-corrected chi connectivity index (χ2v) is 7.91. The molecule has 0 heterocycles. The lowest BCUT2D eigenvalue weighted by atomic mass is 10.0. The van der Waals surface area contributed by atoms with E-state index in [9.17, 15) is 13.2 Å². The Labute approximate surface area is 155 Å². The number of rotatable bonds is 8. The van der Waals surface area contributed by atoms with Crippen LogP contribution in [0.2, 0.25) is 0 Å². The van der Waals surface area contributed by atoms with E-state index in [0.717, 1.165) is 0 Å². The van der Waals surface area contributed by atoms with Crippen molar-refractivity contribution in [2.24, 2.45) is 0 Å². The van der Waals surface area contributed by atoms with E-state index in [1.165, 1.54) is 18.2 Å². The molecule has 0 aliphatic rings. The van der Waals surface area contributed by atoms with Gasteiger partial charge < -0.3 is 8.92 Å². The van der Waals surface area contributed by atoms with Gasteiger partial charge in [0.2, 0.25) is 4.51 Å². The molecule has 1 unspecified atom stereocenters. The zero-order valence-corrected chi connectivity index (χ0v) is 15.9. The monoisotopic (exact) mass is 424 g/mol. The second-order valence-electron chi connectivity index (χ2n) is 5.19.